The Balaban J connectivity index is 1.39. The molecule has 1 amide bonds. The Morgan fingerprint density at radius 2 is 1.86 bits per heavy atom. The number of ether oxygens (including phenoxy) is 1. The second kappa shape index (κ2) is 10.7. The molecule has 37 heavy (non-hydrogen) atoms. The molecule has 7 nitrogen and oxygen atoms in total. The predicted octanol–water partition coefficient (Wildman–Crippen LogP) is 2.72. The maximum atomic E-state index is 14.4. The van der Waals surface area contributed by atoms with Gasteiger partial charge in [0.15, 0.2) is 0 Å². The van der Waals surface area contributed by atoms with Gasteiger partial charge < -0.3 is 20.1 Å². The number of nitrogens with zero attached hydrogens (tertiary/aromatic N) is 2. The molecule has 5 unspecified atom stereocenters. The van der Waals surface area contributed by atoms with Crippen LogP contribution in [0.2, 0.25) is 0 Å². The van der Waals surface area contributed by atoms with Gasteiger partial charge in [-0.05, 0) is 50.3 Å². The molecule has 2 saturated heterocycles. The summed E-state index contributed by atoms with van der Waals surface area (Å²) in [5.74, 6) is -0.302. The van der Waals surface area contributed by atoms with Crippen LogP contribution in [0, 0.1) is 5.92 Å². The van der Waals surface area contributed by atoms with Crippen LogP contribution in [0.1, 0.15) is 49.9 Å². The molecule has 5 atom stereocenters. The molecule has 2 heterocycles. The number of Topliss-reactive ketones (excluding diaryl/α,β-unsaturated/α-hetero) is 1. The van der Waals surface area contributed by atoms with Gasteiger partial charge in [0.2, 0.25) is 5.91 Å². The van der Waals surface area contributed by atoms with Crippen LogP contribution in [0.5, 0.6) is 0 Å². The van der Waals surface area contributed by atoms with Crippen LogP contribution in [0.15, 0.2) is 54.6 Å². The third kappa shape index (κ3) is 5.36. The first-order chi connectivity index (χ1) is 17.7. The Morgan fingerprint density at radius 1 is 1.14 bits per heavy atom. The number of hydrogen-bond acceptors (Lipinski definition) is 6. The summed E-state index contributed by atoms with van der Waals surface area (Å²) in [5, 5.41) is 14.5. The first-order valence-electron chi connectivity index (χ1n) is 13.5. The molecule has 1 aliphatic carbocycles. The lowest BCUT2D eigenvalue weighted by Gasteiger charge is -2.38. The average Bonchev–Trinajstić information content (AvgIpc) is 3.34. The number of rotatable bonds is 8. The van der Waals surface area contributed by atoms with Crippen LogP contribution in [0.3, 0.4) is 0 Å². The van der Waals surface area contributed by atoms with E-state index in [-0.39, 0.29) is 29.9 Å². The largest absolute Gasteiger partial charge is 0.392 e. The fraction of sp³-hybridized carbons (Fsp3) is 0.533. The van der Waals surface area contributed by atoms with Crippen molar-refractivity contribution in [3.05, 3.63) is 71.3 Å². The zero-order chi connectivity index (χ0) is 26.2. The number of nitrogens with one attached hydrogen (secondary N) is 1. The molecule has 0 aromatic heterocycles. The van der Waals surface area contributed by atoms with Gasteiger partial charge in [0.1, 0.15) is 11.5 Å². The molecule has 0 bridgehead atoms. The molecule has 3 aliphatic rings. The SMILES string of the molecule is CC(=O)C1CNCCN1CC(O)CC(Cc1ccccc1)C(=O)N1C2c3ccccc3CC2OC1(C)C. The van der Waals surface area contributed by atoms with Gasteiger partial charge in [0.05, 0.1) is 24.3 Å². The van der Waals surface area contributed by atoms with E-state index in [1.807, 2.05) is 61.2 Å². The maximum Gasteiger partial charge on any atom is 0.228 e. The minimum atomic E-state index is -0.738. The summed E-state index contributed by atoms with van der Waals surface area (Å²) in [7, 11) is 0. The van der Waals surface area contributed by atoms with E-state index in [0.29, 0.717) is 32.5 Å². The molecule has 2 N–H and O–H groups in total. The third-order valence-electron chi connectivity index (χ3n) is 8.18. The number of piperazine rings is 1. The zero-order valence-electron chi connectivity index (χ0n) is 22.1. The van der Waals surface area contributed by atoms with Crippen molar-refractivity contribution < 1.29 is 19.4 Å². The normalized spacial score (nSPS) is 26.4. The van der Waals surface area contributed by atoms with Crippen molar-refractivity contribution in [2.24, 2.45) is 5.92 Å². The molecule has 2 aromatic carbocycles. The maximum absolute atomic E-state index is 14.4. The fourth-order valence-electron chi connectivity index (χ4n) is 6.52. The second-order valence-electron chi connectivity index (χ2n) is 11.3. The topological polar surface area (TPSA) is 82.1 Å². The first-order valence-corrected chi connectivity index (χ1v) is 13.5. The van der Waals surface area contributed by atoms with Crippen LogP contribution < -0.4 is 5.32 Å². The number of benzene rings is 2. The third-order valence-corrected chi connectivity index (χ3v) is 8.18. The predicted molar refractivity (Wildman–Crippen MR) is 142 cm³/mol. The minimum absolute atomic E-state index is 0.0144. The molecule has 0 spiro atoms. The summed E-state index contributed by atoms with van der Waals surface area (Å²) in [6, 6.07) is 17.9. The Labute approximate surface area is 219 Å². The van der Waals surface area contributed by atoms with E-state index in [2.05, 4.69) is 22.3 Å². The number of amides is 1. The molecule has 0 radical (unpaired) electrons. The highest BCUT2D eigenvalue weighted by molar-refractivity contribution is 5.82. The number of hydrogen-bond donors (Lipinski definition) is 2. The summed E-state index contributed by atoms with van der Waals surface area (Å²) in [6.07, 6.45) is 0.885. The standard InChI is InChI=1S/C30H39N3O4/c1-20(34)26-18-31-13-14-32(26)19-24(35)16-23(15-21-9-5-4-6-10-21)29(36)33-28-25-12-8-7-11-22(25)17-27(28)37-30(33,2)3/h4-12,23-24,26-28,31,35H,13-19H2,1-3H3. The van der Waals surface area contributed by atoms with Crippen molar-refractivity contribution in [2.75, 3.05) is 26.2 Å². The number of carbonyl (C=O) groups excluding carboxylic acids is 2. The van der Waals surface area contributed by atoms with Crippen LogP contribution in [0.25, 0.3) is 0 Å². The van der Waals surface area contributed by atoms with Crippen LogP contribution in [-0.4, -0.2) is 76.8 Å². The Kier molecular flexibility index (Phi) is 7.50. The molecule has 0 saturated carbocycles. The molecule has 2 aliphatic heterocycles. The van der Waals surface area contributed by atoms with E-state index in [9.17, 15) is 14.7 Å². The molecular weight excluding hydrogens is 466 g/mol. The van der Waals surface area contributed by atoms with E-state index < -0.39 is 17.7 Å². The van der Waals surface area contributed by atoms with Gasteiger partial charge in [0, 0.05) is 38.5 Å². The van der Waals surface area contributed by atoms with Crippen molar-refractivity contribution in [1.29, 1.82) is 0 Å². The van der Waals surface area contributed by atoms with E-state index >= 15 is 0 Å². The fourth-order valence-corrected chi connectivity index (χ4v) is 6.52. The Bertz CT molecular complexity index is 1120. The van der Waals surface area contributed by atoms with Crippen molar-refractivity contribution in [1.82, 2.24) is 15.1 Å². The van der Waals surface area contributed by atoms with Crippen LogP contribution in [-0.2, 0) is 27.2 Å². The smallest absolute Gasteiger partial charge is 0.228 e. The number of aliphatic hydroxyl groups excluding tert-OH is 1. The van der Waals surface area contributed by atoms with Crippen molar-refractivity contribution in [3.63, 3.8) is 0 Å². The van der Waals surface area contributed by atoms with E-state index in [1.54, 1.807) is 6.92 Å². The highest BCUT2D eigenvalue weighted by atomic mass is 16.5. The van der Waals surface area contributed by atoms with Gasteiger partial charge in [0.25, 0.3) is 0 Å². The Hall–Kier alpha value is -2.58. The second-order valence-corrected chi connectivity index (χ2v) is 11.3. The van der Waals surface area contributed by atoms with Gasteiger partial charge in [-0.1, -0.05) is 54.6 Å². The monoisotopic (exact) mass is 505 g/mol. The van der Waals surface area contributed by atoms with Crippen molar-refractivity contribution in [2.45, 2.75) is 70.1 Å². The molecule has 198 valence electrons. The lowest BCUT2D eigenvalue weighted by molar-refractivity contribution is -0.153. The van der Waals surface area contributed by atoms with E-state index in [0.717, 1.165) is 24.1 Å². The van der Waals surface area contributed by atoms with Gasteiger partial charge in [-0.3, -0.25) is 14.5 Å². The molecule has 2 aromatic rings. The van der Waals surface area contributed by atoms with Crippen molar-refractivity contribution >= 4 is 11.7 Å². The molecule has 7 heteroatoms. The highest BCUT2D eigenvalue weighted by Gasteiger charge is 2.54. The van der Waals surface area contributed by atoms with Gasteiger partial charge in [-0.2, -0.15) is 0 Å². The lowest BCUT2D eigenvalue weighted by Crippen LogP contribution is -2.56. The number of fused-ring (bicyclic) bond motifs is 3. The van der Waals surface area contributed by atoms with Gasteiger partial charge in [-0.15, -0.1) is 0 Å². The quantitative estimate of drug-likeness (QED) is 0.574. The van der Waals surface area contributed by atoms with Crippen LogP contribution in [0.4, 0.5) is 0 Å². The summed E-state index contributed by atoms with van der Waals surface area (Å²) >= 11 is 0. The van der Waals surface area contributed by atoms with E-state index in [4.69, 9.17) is 4.74 Å². The number of ketones is 1. The summed E-state index contributed by atoms with van der Waals surface area (Å²) in [4.78, 5) is 30.5. The number of carbonyl (C=O) groups is 2. The average molecular weight is 506 g/mol. The van der Waals surface area contributed by atoms with Crippen LogP contribution >= 0.6 is 0 Å². The van der Waals surface area contributed by atoms with Gasteiger partial charge in [-0.25, -0.2) is 0 Å². The summed E-state index contributed by atoms with van der Waals surface area (Å²) < 4.78 is 6.45. The lowest BCUT2D eigenvalue weighted by atomic mass is 9.90. The molecule has 2 fully saturated rings. The number of β-amino-alcohol motifs (C(OH)–C–C–N with tert-alkyl or cyclic N) is 1. The first kappa shape index (κ1) is 26.0. The molecule has 5 rings (SSSR count). The zero-order valence-corrected chi connectivity index (χ0v) is 22.1. The summed E-state index contributed by atoms with van der Waals surface area (Å²) in [6.45, 7) is 8.00. The number of aliphatic hydroxyl groups is 1. The Morgan fingerprint density at radius 3 is 2.62 bits per heavy atom. The van der Waals surface area contributed by atoms with Gasteiger partial charge >= 0.3 is 0 Å². The van der Waals surface area contributed by atoms with Crippen molar-refractivity contribution in [3.8, 4) is 0 Å². The summed E-state index contributed by atoms with van der Waals surface area (Å²) in [5.41, 5.74) is 2.73. The highest BCUT2D eigenvalue weighted by Crippen LogP contribution is 2.49. The minimum Gasteiger partial charge on any atom is -0.392 e. The molecular formula is C30H39N3O4. The van der Waals surface area contributed by atoms with E-state index in [1.165, 1.54) is 5.56 Å².